The van der Waals surface area contributed by atoms with Crippen molar-refractivity contribution < 1.29 is 4.79 Å². The third-order valence-electron chi connectivity index (χ3n) is 4.49. The first-order chi connectivity index (χ1) is 11.6. The van der Waals surface area contributed by atoms with Crippen molar-refractivity contribution in [1.82, 2.24) is 9.88 Å². The molecule has 1 aromatic heterocycles. The van der Waals surface area contributed by atoms with Gasteiger partial charge < -0.3 is 4.98 Å². The molecule has 3 aromatic rings. The predicted molar refractivity (Wildman–Crippen MR) is 102 cm³/mol. The van der Waals surface area contributed by atoms with Crippen LogP contribution in [0.25, 0.3) is 10.9 Å². The van der Waals surface area contributed by atoms with Crippen LogP contribution < -0.4 is 0 Å². The first-order valence-electron chi connectivity index (χ1n) is 8.03. The van der Waals surface area contributed by atoms with E-state index in [1.54, 1.807) is 11.8 Å². The van der Waals surface area contributed by atoms with Gasteiger partial charge >= 0.3 is 0 Å². The Morgan fingerprint density at radius 3 is 2.58 bits per heavy atom. The number of carbonyl (C=O) groups excluding carboxylic acids is 1. The van der Waals surface area contributed by atoms with Crippen LogP contribution in [0, 0.1) is 0 Å². The number of likely N-dealkylation sites (N-methyl/N-ethyl adjacent to an activating group) is 1. The van der Waals surface area contributed by atoms with Gasteiger partial charge in [0.2, 0.25) is 0 Å². The molecule has 0 bridgehead atoms. The van der Waals surface area contributed by atoms with E-state index in [0.717, 1.165) is 23.0 Å². The predicted octanol–water partition coefficient (Wildman–Crippen LogP) is 4.59. The Morgan fingerprint density at radius 2 is 1.88 bits per heavy atom. The van der Waals surface area contributed by atoms with Gasteiger partial charge in [-0.1, -0.05) is 30.3 Å². The summed E-state index contributed by atoms with van der Waals surface area (Å²) in [6, 6.07) is 16.3. The van der Waals surface area contributed by atoms with Crippen molar-refractivity contribution in [1.29, 1.82) is 0 Å². The van der Waals surface area contributed by atoms with E-state index in [-0.39, 0.29) is 11.8 Å². The van der Waals surface area contributed by atoms with Gasteiger partial charge in [-0.15, -0.1) is 11.8 Å². The highest BCUT2D eigenvalue weighted by Gasteiger charge is 2.22. The minimum Gasteiger partial charge on any atom is -0.360 e. The Hall–Kier alpha value is -2.04. The molecular weight excluding hydrogens is 316 g/mol. The van der Waals surface area contributed by atoms with Crippen molar-refractivity contribution in [2.45, 2.75) is 24.4 Å². The summed E-state index contributed by atoms with van der Waals surface area (Å²) in [6.07, 6.45) is 3.90. The lowest BCUT2D eigenvalue weighted by atomic mass is 10.0. The van der Waals surface area contributed by atoms with Gasteiger partial charge in [-0.3, -0.25) is 9.69 Å². The van der Waals surface area contributed by atoms with Crippen molar-refractivity contribution in [2.75, 3.05) is 13.3 Å². The average molecular weight is 338 g/mol. The number of ketones is 1. The maximum atomic E-state index is 12.9. The van der Waals surface area contributed by atoms with E-state index < -0.39 is 0 Å². The standard InChI is InChI=1S/C20H22N2OS/c1-14(22(2)13-15-8-10-16(24-3)11-9-15)20(23)18-12-21-19-7-5-4-6-17(18)19/h4-12,14,21H,13H2,1-3H3/t14-/m1/s1. The zero-order valence-electron chi connectivity index (χ0n) is 14.2. The number of fused-ring (bicyclic) bond motifs is 1. The number of nitrogens with zero attached hydrogens (tertiary/aromatic N) is 1. The molecular formula is C20H22N2OS. The minimum atomic E-state index is -0.176. The summed E-state index contributed by atoms with van der Waals surface area (Å²) in [6.45, 7) is 2.73. The highest BCUT2D eigenvalue weighted by molar-refractivity contribution is 7.98. The van der Waals surface area contributed by atoms with Crippen molar-refractivity contribution in [2.24, 2.45) is 0 Å². The topological polar surface area (TPSA) is 36.1 Å². The summed E-state index contributed by atoms with van der Waals surface area (Å²) < 4.78 is 0. The molecule has 0 aliphatic heterocycles. The molecule has 0 amide bonds. The molecule has 0 spiro atoms. The molecule has 1 atom stereocenters. The van der Waals surface area contributed by atoms with E-state index in [1.165, 1.54) is 10.5 Å². The maximum Gasteiger partial charge on any atom is 0.181 e. The molecule has 3 nitrogen and oxygen atoms in total. The molecule has 0 saturated carbocycles. The summed E-state index contributed by atoms with van der Waals surface area (Å²) in [5.41, 5.74) is 2.99. The van der Waals surface area contributed by atoms with E-state index in [2.05, 4.69) is 40.4 Å². The molecule has 1 heterocycles. The molecule has 24 heavy (non-hydrogen) atoms. The van der Waals surface area contributed by atoms with Crippen molar-refractivity contribution in [3.05, 3.63) is 65.9 Å². The van der Waals surface area contributed by atoms with Crippen LogP contribution in [0.1, 0.15) is 22.8 Å². The monoisotopic (exact) mass is 338 g/mol. The SMILES string of the molecule is CSc1ccc(CN(C)[C@H](C)C(=O)c2c[nH]c3ccccc23)cc1. The van der Waals surface area contributed by atoms with Crippen LogP contribution >= 0.6 is 11.8 Å². The fraction of sp³-hybridized carbons (Fsp3) is 0.250. The third kappa shape index (κ3) is 3.40. The highest BCUT2D eigenvalue weighted by Crippen LogP contribution is 2.21. The average Bonchev–Trinajstić information content (AvgIpc) is 3.05. The Labute approximate surface area is 147 Å². The normalized spacial score (nSPS) is 12.7. The largest absolute Gasteiger partial charge is 0.360 e. The first kappa shape index (κ1) is 16.8. The molecule has 0 aliphatic carbocycles. The zero-order valence-corrected chi connectivity index (χ0v) is 15.1. The quantitative estimate of drug-likeness (QED) is 0.527. The molecule has 124 valence electrons. The number of hydrogen-bond acceptors (Lipinski definition) is 3. The van der Waals surface area contributed by atoms with E-state index in [1.807, 2.05) is 44.4 Å². The van der Waals surface area contributed by atoms with Crippen LogP contribution in [-0.4, -0.2) is 35.0 Å². The van der Waals surface area contributed by atoms with Crippen molar-refractivity contribution >= 4 is 28.4 Å². The van der Waals surface area contributed by atoms with Crippen molar-refractivity contribution in [3.8, 4) is 0 Å². The van der Waals surface area contributed by atoms with Gasteiger partial charge in [0.05, 0.1) is 6.04 Å². The molecule has 0 saturated heterocycles. The van der Waals surface area contributed by atoms with Gasteiger partial charge in [-0.05, 0) is 44.0 Å². The number of thioether (sulfide) groups is 1. The second kappa shape index (κ2) is 7.24. The Morgan fingerprint density at radius 1 is 1.17 bits per heavy atom. The van der Waals surface area contributed by atoms with Crippen LogP contribution in [0.3, 0.4) is 0 Å². The fourth-order valence-electron chi connectivity index (χ4n) is 2.86. The van der Waals surface area contributed by atoms with Crippen LogP contribution in [-0.2, 0) is 6.54 Å². The van der Waals surface area contributed by atoms with Crippen LogP contribution in [0.4, 0.5) is 0 Å². The molecule has 4 heteroatoms. The third-order valence-corrected chi connectivity index (χ3v) is 5.23. The molecule has 0 unspecified atom stereocenters. The molecule has 1 N–H and O–H groups in total. The Balaban J connectivity index is 1.74. The number of nitrogens with one attached hydrogen (secondary N) is 1. The first-order valence-corrected chi connectivity index (χ1v) is 9.26. The summed E-state index contributed by atoms with van der Waals surface area (Å²) >= 11 is 1.74. The van der Waals surface area contributed by atoms with Crippen molar-refractivity contribution in [3.63, 3.8) is 0 Å². The number of aromatic amines is 1. The smallest absolute Gasteiger partial charge is 0.181 e. The summed E-state index contributed by atoms with van der Waals surface area (Å²) in [5, 5.41) is 0.993. The lowest BCUT2D eigenvalue weighted by Gasteiger charge is -2.23. The lowest BCUT2D eigenvalue weighted by Crippen LogP contribution is -2.35. The lowest BCUT2D eigenvalue weighted by molar-refractivity contribution is 0.0864. The summed E-state index contributed by atoms with van der Waals surface area (Å²) in [7, 11) is 2.00. The van der Waals surface area contributed by atoms with E-state index in [0.29, 0.717) is 0 Å². The number of hydrogen-bond donors (Lipinski definition) is 1. The summed E-state index contributed by atoms with van der Waals surface area (Å²) in [4.78, 5) is 19.4. The van der Waals surface area contributed by atoms with Gasteiger partial charge in [0.15, 0.2) is 5.78 Å². The Bertz CT molecular complexity index is 838. The summed E-state index contributed by atoms with van der Waals surface area (Å²) in [5.74, 6) is 0.149. The number of Topliss-reactive ketones (excluding diaryl/α,β-unsaturated/α-hetero) is 1. The van der Waals surface area contributed by atoms with Gasteiger partial charge in [0, 0.05) is 34.1 Å². The second-order valence-electron chi connectivity index (χ2n) is 6.05. The number of carbonyl (C=O) groups is 1. The fourth-order valence-corrected chi connectivity index (χ4v) is 3.26. The molecule has 0 aliphatic rings. The molecule has 0 fully saturated rings. The zero-order chi connectivity index (χ0) is 17.1. The van der Waals surface area contributed by atoms with Gasteiger partial charge in [-0.2, -0.15) is 0 Å². The van der Waals surface area contributed by atoms with E-state index in [9.17, 15) is 4.79 Å². The second-order valence-corrected chi connectivity index (χ2v) is 6.93. The number of para-hydroxylation sites is 1. The molecule has 3 rings (SSSR count). The minimum absolute atomic E-state index is 0.149. The Kier molecular flexibility index (Phi) is 5.07. The van der Waals surface area contributed by atoms with Gasteiger partial charge in [0.1, 0.15) is 0 Å². The van der Waals surface area contributed by atoms with E-state index in [4.69, 9.17) is 0 Å². The van der Waals surface area contributed by atoms with Crippen LogP contribution in [0.2, 0.25) is 0 Å². The molecule has 2 aromatic carbocycles. The maximum absolute atomic E-state index is 12.9. The van der Waals surface area contributed by atoms with Gasteiger partial charge in [-0.25, -0.2) is 0 Å². The van der Waals surface area contributed by atoms with Crippen LogP contribution in [0.5, 0.6) is 0 Å². The van der Waals surface area contributed by atoms with Gasteiger partial charge in [0.25, 0.3) is 0 Å². The van der Waals surface area contributed by atoms with E-state index >= 15 is 0 Å². The highest BCUT2D eigenvalue weighted by atomic mass is 32.2. The van der Waals surface area contributed by atoms with Crippen LogP contribution in [0.15, 0.2) is 59.6 Å². The number of H-pyrrole nitrogens is 1. The molecule has 0 radical (unpaired) electrons. The number of benzene rings is 2. The number of rotatable bonds is 6. The number of aromatic nitrogens is 1.